The molecule has 0 spiro atoms. The Hall–Kier alpha value is -3.28. The van der Waals surface area contributed by atoms with Gasteiger partial charge in [0.15, 0.2) is 10.8 Å². The van der Waals surface area contributed by atoms with Crippen LogP contribution in [-0.4, -0.2) is 118 Å². The highest BCUT2D eigenvalue weighted by Gasteiger charge is 2.80. The average molecular weight is 1170 g/mol. The predicted octanol–water partition coefficient (Wildman–Crippen LogP) is 13.8. The Morgan fingerprint density at radius 3 is 0.892 bits per heavy atom. The Morgan fingerprint density at radius 2 is 0.676 bits per heavy atom. The van der Waals surface area contributed by atoms with Crippen LogP contribution >= 0.6 is 0 Å². The molecule has 7 nitrogen and oxygen atoms in total. The maximum Gasteiger partial charge on any atom is 0.437 e. The van der Waals surface area contributed by atoms with Crippen LogP contribution < -0.4 is 0 Å². The molecule has 2 rings (SSSR count). The van der Waals surface area contributed by atoms with Crippen LogP contribution in [0, 0.1) is 28.6 Å². The highest BCUT2D eigenvalue weighted by Crippen LogP contribution is 2.60. The summed E-state index contributed by atoms with van der Waals surface area (Å²) >= 11 is 0. The molecule has 2 aliphatic rings. The van der Waals surface area contributed by atoms with E-state index in [4.69, 9.17) is 5.11 Å². The Bertz CT molecular complexity index is 1740. The van der Waals surface area contributed by atoms with Gasteiger partial charge in [-0.15, -0.1) is 0 Å². The Kier molecular flexibility index (Phi) is 20.9. The van der Waals surface area contributed by atoms with Gasteiger partial charge in [-0.2, -0.15) is 132 Å². The molecule has 74 heavy (non-hydrogen) atoms. The normalized spacial score (nSPS) is 22.0. The number of ether oxygens (including phenoxy) is 2. The fraction of sp³-hybridized carbons (Fsp3) is 0.946. The molecule has 2 fully saturated rings. The van der Waals surface area contributed by atoms with E-state index in [1.165, 1.54) is 0 Å². The number of carbonyl (C=O) groups is 2. The van der Waals surface area contributed by atoms with Crippen LogP contribution in [0.1, 0.15) is 98.8 Å². The van der Waals surface area contributed by atoms with E-state index in [9.17, 15) is 152 Å². The van der Waals surface area contributed by atoms with Crippen molar-refractivity contribution in [3.63, 3.8) is 0 Å². The number of aliphatic hydroxyl groups is 3. The van der Waals surface area contributed by atoms with Gasteiger partial charge in [-0.05, 0) is 65.7 Å². The van der Waals surface area contributed by atoms with Gasteiger partial charge in [0.1, 0.15) is 6.10 Å². The summed E-state index contributed by atoms with van der Waals surface area (Å²) in [6, 6.07) is 0. The van der Waals surface area contributed by atoms with Gasteiger partial charge in [-0.25, -0.2) is 0 Å². The van der Waals surface area contributed by atoms with Crippen LogP contribution in [0.3, 0.4) is 0 Å². The molecule has 3 N–H and O–H groups in total. The lowest BCUT2D eigenvalue weighted by Crippen LogP contribution is -2.67. The van der Waals surface area contributed by atoms with E-state index in [1.54, 1.807) is 0 Å². The van der Waals surface area contributed by atoms with Crippen molar-refractivity contribution >= 4 is 11.9 Å². The first kappa shape index (κ1) is 70.7. The number of hydrogen-bond acceptors (Lipinski definition) is 7. The van der Waals surface area contributed by atoms with Crippen molar-refractivity contribution in [3.05, 3.63) is 0 Å². The van der Waals surface area contributed by atoms with Crippen molar-refractivity contribution in [1.29, 1.82) is 0 Å². The van der Waals surface area contributed by atoms with Gasteiger partial charge in [0.25, 0.3) is 16.8 Å². The first-order valence-corrected chi connectivity index (χ1v) is 20.3. The lowest BCUT2D eigenvalue weighted by Gasteiger charge is -2.48. The Morgan fingerprint density at radius 1 is 0.392 bits per heavy atom. The van der Waals surface area contributed by atoms with Crippen molar-refractivity contribution in [2.24, 2.45) is 28.6 Å². The lowest BCUT2D eigenvalue weighted by atomic mass is 9.65. The van der Waals surface area contributed by atoms with Gasteiger partial charge in [0.05, 0.1) is 0 Å². The molecule has 2 saturated carbocycles. The summed E-state index contributed by atoms with van der Waals surface area (Å²) in [7, 11) is 0. The van der Waals surface area contributed by atoms with E-state index in [0.717, 1.165) is 13.8 Å². The molecule has 0 saturated heterocycles. The second kappa shape index (κ2) is 21.9. The fourth-order valence-corrected chi connectivity index (χ4v) is 7.25. The van der Waals surface area contributed by atoms with Gasteiger partial charge in [0.2, 0.25) is 0 Å². The quantitative estimate of drug-likeness (QED) is 0.156. The standard InChI is InChI=1S/C18H19F15O4.C15H19F9O2.C4H4F6O/c1-3-11(2,14(19,20)21)10(34)37-9-5-7(12(35,15(22,23)24)16(25,26)27)4-8(6-9)13(36,17(28,29)30)18(31,32)33;1-3-11(2,13(16,17)18)10(25)26-12(14(19,20)21,15(22,23)24)9-7-5-4-6-8-9;1-2(11,3(5,6)7)4(8,9)10/h7-9,35-36H,3-6H2,1-2H3;9H,3-8H2,1-2H3;11H,1H3. The zero-order chi connectivity index (χ0) is 59.9. The van der Waals surface area contributed by atoms with E-state index in [2.05, 4.69) is 9.47 Å². The summed E-state index contributed by atoms with van der Waals surface area (Å²) in [5.41, 5.74) is -28.5. The zero-order valence-corrected chi connectivity index (χ0v) is 37.7. The second-order valence-electron chi connectivity index (χ2n) is 17.5. The van der Waals surface area contributed by atoms with E-state index < -0.39 is 176 Å². The summed E-state index contributed by atoms with van der Waals surface area (Å²) in [5, 5.41) is 27.1. The van der Waals surface area contributed by atoms with Gasteiger partial charge < -0.3 is 24.8 Å². The van der Waals surface area contributed by atoms with Crippen LogP contribution in [-0.2, 0) is 19.1 Å². The summed E-state index contributed by atoms with van der Waals surface area (Å²) in [5.74, 6) is -14.5. The van der Waals surface area contributed by atoms with Crippen LogP contribution in [0.5, 0.6) is 0 Å². The van der Waals surface area contributed by atoms with Crippen LogP contribution in [0.4, 0.5) is 132 Å². The van der Waals surface area contributed by atoms with Crippen molar-refractivity contribution in [2.75, 3.05) is 0 Å². The van der Waals surface area contributed by atoms with Crippen molar-refractivity contribution in [1.82, 2.24) is 0 Å². The molecule has 0 radical (unpaired) electrons. The van der Waals surface area contributed by atoms with Gasteiger partial charge in [-0.1, -0.05) is 33.1 Å². The Labute approximate surface area is 396 Å². The minimum Gasteiger partial charge on any atom is -0.462 e. The Balaban J connectivity index is 0.00000124. The molecule has 0 aromatic rings. The maximum atomic E-state index is 13.5. The van der Waals surface area contributed by atoms with Crippen molar-refractivity contribution in [2.45, 2.75) is 189 Å². The summed E-state index contributed by atoms with van der Waals surface area (Å²) < 4.78 is 396. The van der Waals surface area contributed by atoms with E-state index >= 15 is 0 Å². The molecule has 0 heterocycles. The molecular formula is C37H42F30O7. The van der Waals surface area contributed by atoms with Crippen LogP contribution in [0.2, 0.25) is 0 Å². The summed E-state index contributed by atoms with van der Waals surface area (Å²) in [6.45, 7) is 1.62. The second-order valence-corrected chi connectivity index (χ2v) is 17.5. The molecule has 2 aliphatic carbocycles. The number of alkyl halides is 30. The van der Waals surface area contributed by atoms with Gasteiger partial charge in [-0.3, -0.25) is 9.59 Å². The maximum absolute atomic E-state index is 13.5. The van der Waals surface area contributed by atoms with E-state index in [0.29, 0.717) is 6.42 Å². The number of esters is 2. The minimum atomic E-state index is -6.77. The lowest BCUT2D eigenvalue weighted by molar-refractivity contribution is -0.405. The number of carbonyl (C=O) groups excluding carboxylic acids is 2. The first-order valence-electron chi connectivity index (χ1n) is 20.3. The van der Waals surface area contributed by atoms with Crippen LogP contribution in [0.25, 0.3) is 0 Å². The van der Waals surface area contributed by atoms with Gasteiger partial charge >= 0.3 is 79.3 Å². The fourth-order valence-electron chi connectivity index (χ4n) is 7.25. The third-order valence-corrected chi connectivity index (χ3v) is 12.8. The molecule has 442 valence electrons. The molecule has 0 aromatic heterocycles. The summed E-state index contributed by atoms with van der Waals surface area (Å²) in [6.07, 6.45) is -73.6. The van der Waals surface area contributed by atoms with E-state index in [1.807, 2.05) is 0 Å². The third-order valence-electron chi connectivity index (χ3n) is 12.8. The molecule has 0 bridgehead atoms. The van der Waals surface area contributed by atoms with Gasteiger partial charge in [0, 0.05) is 17.8 Å². The molecule has 0 aliphatic heterocycles. The molecule has 37 heteroatoms. The smallest absolute Gasteiger partial charge is 0.437 e. The molecule has 0 aromatic carbocycles. The van der Waals surface area contributed by atoms with Crippen molar-refractivity contribution < 1.29 is 166 Å². The monoisotopic (exact) mass is 1170 g/mol. The number of rotatable bonds is 9. The zero-order valence-electron chi connectivity index (χ0n) is 37.7. The predicted molar refractivity (Wildman–Crippen MR) is 184 cm³/mol. The third kappa shape index (κ3) is 13.7. The number of hydrogen-bond donors (Lipinski definition) is 3. The summed E-state index contributed by atoms with van der Waals surface area (Å²) in [4.78, 5) is 24.1. The molecular weight excluding hydrogens is 1130 g/mol. The topological polar surface area (TPSA) is 113 Å². The highest BCUT2D eigenvalue weighted by molar-refractivity contribution is 5.78. The molecule has 4 atom stereocenters. The van der Waals surface area contributed by atoms with Crippen molar-refractivity contribution in [3.8, 4) is 0 Å². The molecule has 4 unspecified atom stereocenters. The largest absolute Gasteiger partial charge is 0.462 e. The molecule has 0 amide bonds. The first-order chi connectivity index (χ1) is 32.1. The van der Waals surface area contributed by atoms with E-state index in [-0.39, 0.29) is 33.6 Å². The van der Waals surface area contributed by atoms with Crippen LogP contribution in [0.15, 0.2) is 0 Å². The highest BCUT2D eigenvalue weighted by atomic mass is 19.5. The minimum absolute atomic E-state index is 0.0282. The SMILES string of the molecule is CC(O)(C(F)(F)F)C(F)(F)F.CCC(C)(C(=O)OC(C1CCCCC1)(C(F)(F)F)C(F)(F)F)C(F)(F)F.CCC(C)(C(=O)OC1CC(C(O)(C(F)(F)F)C(F)(F)F)CC(C(O)(C(F)(F)F)C(F)(F)F)C1)C(F)(F)F. The number of halogens is 30. The average Bonchev–Trinajstić information content (AvgIpc) is 3.17.